The number of hydrogen-bond donors (Lipinski definition) is 1. The van der Waals surface area contributed by atoms with Crippen LogP contribution >= 0.6 is 0 Å². The summed E-state index contributed by atoms with van der Waals surface area (Å²) >= 11 is 0. The molecule has 1 fully saturated rings. The van der Waals surface area contributed by atoms with E-state index >= 15 is 0 Å². The Morgan fingerprint density at radius 2 is 1.72 bits per heavy atom. The Morgan fingerprint density at radius 1 is 1.00 bits per heavy atom. The van der Waals surface area contributed by atoms with Crippen LogP contribution in [-0.2, 0) is 4.79 Å². The lowest BCUT2D eigenvalue weighted by Crippen LogP contribution is -2.41. The molecule has 2 aromatic carbocycles. The topological polar surface area (TPSA) is 86.1 Å². The summed E-state index contributed by atoms with van der Waals surface area (Å²) < 4.78 is 14.1. The molecular weight excluding hydrogens is 407 g/mol. The average molecular weight is 428 g/mol. The summed E-state index contributed by atoms with van der Waals surface area (Å²) in [5.41, 5.74) is 1.54. The van der Waals surface area contributed by atoms with E-state index in [0.717, 1.165) is 0 Å². The first kappa shape index (κ1) is 21.2. The minimum Gasteiger partial charge on any atom is -0.339 e. The number of aromatic nitrogens is 1. The molecule has 1 aliphatic heterocycles. The summed E-state index contributed by atoms with van der Waals surface area (Å²) in [6.07, 6.45) is 1.03. The summed E-state index contributed by atoms with van der Waals surface area (Å²) in [6, 6.07) is 20.2. The van der Waals surface area contributed by atoms with Crippen LogP contribution in [0.15, 0.2) is 66.7 Å². The van der Waals surface area contributed by atoms with Crippen molar-refractivity contribution in [1.82, 2.24) is 9.88 Å². The van der Waals surface area contributed by atoms with E-state index in [-0.39, 0.29) is 23.5 Å². The van der Waals surface area contributed by atoms with E-state index in [4.69, 9.17) is 0 Å². The van der Waals surface area contributed by atoms with Gasteiger partial charge in [-0.2, -0.15) is 5.26 Å². The second-order valence-corrected chi connectivity index (χ2v) is 7.60. The lowest BCUT2D eigenvalue weighted by molar-refractivity contribution is -0.121. The highest BCUT2D eigenvalue weighted by Crippen LogP contribution is 2.24. The van der Waals surface area contributed by atoms with E-state index in [9.17, 15) is 19.2 Å². The van der Waals surface area contributed by atoms with E-state index in [0.29, 0.717) is 54.1 Å². The van der Waals surface area contributed by atoms with Crippen LogP contribution in [0.3, 0.4) is 0 Å². The molecule has 3 aromatic rings. The van der Waals surface area contributed by atoms with Gasteiger partial charge in [0.05, 0.1) is 22.9 Å². The monoisotopic (exact) mass is 428 g/mol. The molecule has 6 nitrogen and oxygen atoms in total. The van der Waals surface area contributed by atoms with Crippen LogP contribution in [0.5, 0.6) is 0 Å². The zero-order valence-corrected chi connectivity index (χ0v) is 17.3. The Bertz CT molecular complexity index is 1200. The van der Waals surface area contributed by atoms with Crippen molar-refractivity contribution in [2.45, 2.75) is 12.8 Å². The van der Waals surface area contributed by atoms with Crippen molar-refractivity contribution in [1.29, 1.82) is 5.26 Å². The van der Waals surface area contributed by atoms with Gasteiger partial charge in [0.2, 0.25) is 5.91 Å². The maximum atomic E-state index is 14.1. The molecule has 0 saturated carbocycles. The van der Waals surface area contributed by atoms with Crippen molar-refractivity contribution >= 4 is 17.6 Å². The van der Waals surface area contributed by atoms with Crippen LogP contribution in [-0.4, -0.2) is 34.8 Å². The largest absolute Gasteiger partial charge is 0.339 e. The predicted octanol–water partition coefficient (Wildman–Crippen LogP) is 4.25. The minimum atomic E-state index is -0.376. The number of rotatable bonds is 4. The van der Waals surface area contributed by atoms with E-state index in [1.54, 1.807) is 65.6 Å². The van der Waals surface area contributed by atoms with E-state index in [1.165, 1.54) is 6.07 Å². The molecule has 0 radical (unpaired) electrons. The molecule has 0 bridgehead atoms. The van der Waals surface area contributed by atoms with Crippen LogP contribution < -0.4 is 5.32 Å². The summed E-state index contributed by atoms with van der Waals surface area (Å²) in [5, 5.41) is 12.0. The number of halogens is 1. The number of benzene rings is 2. The maximum Gasteiger partial charge on any atom is 0.255 e. The Kier molecular flexibility index (Phi) is 6.22. The first-order valence-electron chi connectivity index (χ1n) is 10.4. The number of carbonyl (C=O) groups excluding carboxylic acids is 2. The molecule has 32 heavy (non-hydrogen) atoms. The Labute approximate surface area is 185 Å². The highest BCUT2D eigenvalue weighted by atomic mass is 19.1. The van der Waals surface area contributed by atoms with Gasteiger partial charge in [0, 0.05) is 24.6 Å². The van der Waals surface area contributed by atoms with Gasteiger partial charge in [-0.3, -0.25) is 9.59 Å². The van der Waals surface area contributed by atoms with E-state index in [2.05, 4.69) is 10.3 Å². The molecule has 1 aliphatic rings. The summed E-state index contributed by atoms with van der Waals surface area (Å²) in [6.45, 7) is 0.860. The van der Waals surface area contributed by atoms with Crippen LogP contribution in [0, 0.1) is 23.1 Å². The molecule has 0 spiro atoms. The van der Waals surface area contributed by atoms with Gasteiger partial charge in [-0.05, 0) is 49.2 Å². The van der Waals surface area contributed by atoms with Crippen molar-refractivity contribution in [3.63, 3.8) is 0 Å². The quantitative estimate of drug-likeness (QED) is 0.673. The van der Waals surface area contributed by atoms with Crippen molar-refractivity contribution in [2.75, 3.05) is 18.4 Å². The second-order valence-electron chi connectivity index (χ2n) is 7.60. The number of hydrogen-bond acceptors (Lipinski definition) is 4. The fourth-order valence-corrected chi connectivity index (χ4v) is 3.83. The van der Waals surface area contributed by atoms with Gasteiger partial charge in [0.15, 0.2) is 0 Å². The van der Waals surface area contributed by atoms with Crippen LogP contribution in [0.2, 0.25) is 0 Å². The molecule has 0 unspecified atom stereocenters. The first-order chi connectivity index (χ1) is 15.6. The summed E-state index contributed by atoms with van der Waals surface area (Å²) in [5.74, 6) is -0.646. The van der Waals surface area contributed by atoms with E-state index in [1.807, 2.05) is 6.07 Å². The number of likely N-dealkylation sites (tertiary alicyclic amines) is 1. The van der Waals surface area contributed by atoms with Gasteiger partial charge >= 0.3 is 0 Å². The van der Waals surface area contributed by atoms with Crippen molar-refractivity contribution in [3.8, 4) is 17.3 Å². The molecule has 160 valence electrons. The fourth-order valence-electron chi connectivity index (χ4n) is 3.83. The number of nitrogens with one attached hydrogen (secondary N) is 1. The third kappa shape index (κ3) is 4.49. The number of nitriles is 1. The SMILES string of the molecule is N#Cc1ccccc1C(=O)N1CCC(C(=O)Nc2cccc(-c3ccccc3F)n2)CC1. The van der Waals surface area contributed by atoms with Gasteiger partial charge in [0.1, 0.15) is 11.6 Å². The van der Waals surface area contributed by atoms with Gasteiger partial charge in [0.25, 0.3) is 5.91 Å². The lowest BCUT2D eigenvalue weighted by atomic mass is 9.95. The zero-order chi connectivity index (χ0) is 22.5. The number of anilines is 1. The standard InChI is InChI=1S/C25H21FN4O2/c26-21-9-4-3-8-20(21)22-10-5-11-23(28-22)29-24(31)17-12-14-30(15-13-17)25(32)19-7-2-1-6-18(19)16-27/h1-11,17H,12-15H2,(H,28,29,31). The van der Waals surface area contributed by atoms with Crippen molar-refractivity contribution in [3.05, 3.63) is 83.7 Å². The van der Waals surface area contributed by atoms with Gasteiger partial charge in [-0.25, -0.2) is 9.37 Å². The predicted molar refractivity (Wildman–Crippen MR) is 118 cm³/mol. The average Bonchev–Trinajstić information content (AvgIpc) is 2.84. The molecule has 0 atom stereocenters. The fraction of sp³-hybridized carbons (Fsp3) is 0.200. The molecule has 7 heteroatoms. The normalized spacial score (nSPS) is 13.9. The van der Waals surface area contributed by atoms with Crippen LogP contribution in [0.4, 0.5) is 10.2 Å². The van der Waals surface area contributed by atoms with Gasteiger partial charge in [-0.1, -0.05) is 30.3 Å². The third-order valence-electron chi connectivity index (χ3n) is 5.58. The van der Waals surface area contributed by atoms with Crippen molar-refractivity contribution < 1.29 is 14.0 Å². The Morgan fingerprint density at radius 3 is 2.47 bits per heavy atom. The van der Waals surface area contributed by atoms with Gasteiger partial charge < -0.3 is 10.2 Å². The highest BCUT2D eigenvalue weighted by molar-refractivity contribution is 5.97. The maximum absolute atomic E-state index is 14.1. The Hall–Kier alpha value is -4.05. The molecular formula is C25H21FN4O2. The molecule has 0 aliphatic carbocycles. The number of carbonyl (C=O) groups is 2. The molecule has 1 saturated heterocycles. The number of nitrogens with zero attached hydrogens (tertiary/aromatic N) is 3. The van der Waals surface area contributed by atoms with Gasteiger partial charge in [-0.15, -0.1) is 0 Å². The van der Waals surface area contributed by atoms with Crippen LogP contribution in [0.25, 0.3) is 11.3 Å². The number of amides is 2. The minimum absolute atomic E-state index is 0.173. The van der Waals surface area contributed by atoms with E-state index < -0.39 is 0 Å². The second kappa shape index (κ2) is 9.40. The Balaban J connectivity index is 1.38. The summed E-state index contributed by atoms with van der Waals surface area (Å²) in [4.78, 5) is 31.6. The number of pyridine rings is 1. The third-order valence-corrected chi connectivity index (χ3v) is 5.58. The molecule has 1 aromatic heterocycles. The zero-order valence-electron chi connectivity index (χ0n) is 17.3. The summed E-state index contributed by atoms with van der Waals surface area (Å²) in [7, 11) is 0. The highest BCUT2D eigenvalue weighted by Gasteiger charge is 2.29. The lowest BCUT2D eigenvalue weighted by Gasteiger charge is -2.31. The molecule has 2 amide bonds. The number of piperidine rings is 1. The first-order valence-corrected chi connectivity index (χ1v) is 10.4. The molecule has 1 N–H and O–H groups in total. The molecule has 4 rings (SSSR count). The molecule has 2 heterocycles. The van der Waals surface area contributed by atoms with Crippen molar-refractivity contribution in [2.24, 2.45) is 5.92 Å². The van der Waals surface area contributed by atoms with Crippen LogP contribution in [0.1, 0.15) is 28.8 Å². The smallest absolute Gasteiger partial charge is 0.255 e.